The third kappa shape index (κ3) is 2.45. The summed E-state index contributed by atoms with van der Waals surface area (Å²) in [4.78, 5) is 11.8. The first-order valence-corrected chi connectivity index (χ1v) is 7.26. The highest BCUT2D eigenvalue weighted by Gasteiger charge is 2.25. The van der Waals surface area contributed by atoms with Crippen LogP contribution in [0.1, 0.15) is 25.7 Å². The maximum absolute atomic E-state index is 11.8. The Morgan fingerprint density at radius 2 is 2.32 bits per heavy atom. The first kappa shape index (κ1) is 12.5. The van der Waals surface area contributed by atoms with Gasteiger partial charge in [-0.25, -0.2) is 0 Å². The van der Waals surface area contributed by atoms with Crippen molar-refractivity contribution in [1.82, 2.24) is 14.8 Å². The average molecular weight is 277 g/mol. The Morgan fingerprint density at radius 3 is 3.05 bits per heavy atom. The smallest absolute Gasteiger partial charge is 0.200 e. The molecule has 0 N–H and O–H groups in total. The highest BCUT2D eigenvalue weighted by Crippen LogP contribution is 2.31. The molecule has 0 unspecified atom stereocenters. The Bertz CT molecular complexity index is 577. The van der Waals surface area contributed by atoms with Gasteiger partial charge in [0.25, 0.3) is 0 Å². The molecule has 2 aromatic rings. The molecule has 0 bridgehead atoms. The summed E-state index contributed by atoms with van der Waals surface area (Å²) in [5, 5.41) is 9.10. The fourth-order valence-corrected chi connectivity index (χ4v) is 3.36. The summed E-state index contributed by atoms with van der Waals surface area (Å²) >= 11 is 1.52. The van der Waals surface area contributed by atoms with E-state index in [1.54, 1.807) is 6.26 Å². The van der Waals surface area contributed by atoms with Gasteiger partial charge in [-0.1, -0.05) is 18.2 Å². The average Bonchev–Trinajstić information content (AvgIpc) is 3.03. The van der Waals surface area contributed by atoms with E-state index in [1.807, 2.05) is 23.7 Å². The molecule has 1 fully saturated rings. The normalized spacial score (nSPS) is 19.8. The lowest BCUT2D eigenvalue weighted by molar-refractivity contribution is -0.119. The number of furan rings is 1. The Kier molecular flexibility index (Phi) is 3.42. The van der Waals surface area contributed by atoms with Crippen LogP contribution in [-0.4, -0.2) is 25.8 Å². The number of thioether (sulfide) groups is 1. The van der Waals surface area contributed by atoms with Crippen molar-refractivity contribution in [2.75, 3.05) is 0 Å². The third-order valence-corrected chi connectivity index (χ3v) is 4.67. The molecule has 1 aliphatic rings. The van der Waals surface area contributed by atoms with E-state index in [-0.39, 0.29) is 5.25 Å². The van der Waals surface area contributed by atoms with Crippen molar-refractivity contribution >= 4 is 17.5 Å². The monoisotopic (exact) mass is 277 g/mol. The van der Waals surface area contributed by atoms with Gasteiger partial charge >= 0.3 is 0 Å². The van der Waals surface area contributed by atoms with Crippen LogP contribution in [0.4, 0.5) is 0 Å². The summed E-state index contributed by atoms with van der Waals surface area (Å²) in [6, 6.07) is 3.67. The van der Waals surface area contributed by atoms with Crippen LogP contribution in [0.25, 0.3) is 11.6 Å². The first-order valence-electron chi connectivity index (χ1n) is 6.38. The molecule has 6 heteroatoms. The fourth-order valence-electron chi connectivity index (χ4n) is 2.24. The number of carbonyl (C=O) groups is 1. The van der Waals surface area contributed by atoms with Crippen molar-refractivity contribution in [2.45, 2.75) is 36.1 Å². The quantitative estimate of drug-likeness (QED) is 0.863. The van der Waals surface area contributed by atoms with Crippen LogP contribution >= 0.6 is 11.8 Å². The molecule has 0 amide bonds. The molecule has 19 heavy (non-hydrogen) atoms. The van der Waals surface area contributed by atoms with Crippen molar-refractivity contribution < 1.29 is 9.21 Å². The maximum Gasteiger partial charge on any atom is 0.200 e. The summed E-state index contributed by atoms with van der Waals surface area (Å²) in [6.07, 6.45) is 5.38. The Balaban J connectivity index is 1.80. The van der Waals surface area contributed by atoms with Crippen molar-refractivity contribution in [2.24, 2.45) is 7.05 Å². The van der Waals surface area contributed by atoms with Crippen molar-refractivity contribution in [3.63, 3.8) is 0 Å². The van der Waals surface area contributed by atoms with E-state index in [9.17, 15) is 4.79 Å². The topological polar surface area (TPSA) is 60.9 Å². The zero-order valence-electron chi connectivity index (χ0n) is 10.7. The highest BCUT2D eigenvalue weighted by atomic mass is 32.2. The lowest BCUT2D eigenvalue weighted by Crippen LogP contribution is -2.21. The first-order chi connectivity index (χ1) is 9.25. The molecule has 0 saturated heterocycles. The van der Waals surface area contributed by atoms with Gasteiger partial charge in [0.15, 0.2) is 16.7 Å². The Morgan fingerprint density at radius 1 is 1.42 bits per heavy atom. The van der Waals surface area contributed by atoms with Gasteiger partial charge in [-0.3, -0.25) is 4.79 Å². The molecule has 2 heterocycles. The number of aromatic nitrogens is 3. The van der Waals surface area contributed by atoms with Gasteiger partial charge in [0.1, 0.15) is 5.78 Å². The zero-order valence-corrected chi connectivity index (χ0v) is 11.5. The maximum atomic E-state index is 11.8. The van der Waals surface area contributed by atoms with Crippen LogP contribution in [0.5, 0.6) is 0 Å². The zero-order chi connectivity index (χ0) is 13.2. The number of rotatable bonds is 3. The van der Waals surface area contributed by atoms with E-state index in [4.69, 9.17) is 4.42 Å². The lowest BCUT2D eigenvalue weighted by Gasteiger charge is -2.18. The molecule has 1 saturated carbocycles. The van der Waals surface area contributed by atoms with Gasteiger partial charge < -0.3 is 8.98 Å². The molecule has 1 aliphatic carbocycles. The second kappa shape index (κ2) is 5.21. The van der Waals surface area contributed by atoms with Crippen LogP contribution < -0.4 is 0 Å². The summed E-state index contributed by atoms with van der Waals surface area (Å²) in [6.45, 7) is 0. The SMILES string of the molecule is Cn1c(S[C@H]2CCCCC2=O)nnc1-c1ccco1. The van der Waals surface area contributed by atoms with E-state index in [2.05, 4.69) is 10.2 Å². The summed E-state index contributed by atoms with van der Waals surface area (Å²) in [5.74, 6) is 1.71. The fraction of sp³-hybridized carbons (Fsp3) is 0.462. The van der Waals surface area contributed by atoms with E-state index >= 15 is 0 Å². The summed E-state index contributed by atoms with van der Waals surface area (Å²) in [5.41, 5.74) is 0. The van der Waals surface area contributed by atoms with Gasteiger partial charge in [0, 0.05) is 13.5 Å². The van der Waals surface area contributed by atoms with Gasteiger partial charge in [-0.05, 0) is 25.0 Å². The second-order valence-corrected chi connectivity index (χ2v) is 5.83. The van der Waals surface area contributed by atoms with E-state index in [1.165, 1.54) is 11.8 Å². The number of hydrogen-bond donors (Lipinski definition) is 0. The van der Waals surface area contributed by atoms with Crippen molar-refractivity contribution in [1.29, 1.82) is 0 Å². The van der Waals surface area contributed by atoms with Crippen LogP contribution in [0.2, 0.25) is 0 Å². The van der Waals surface area contributed by atoms with Gasteiger partial charge in [-0.2, -0.15) is 0 Å². The Hall–Kier alpha value is -1.56. The molecule has 2 aromatic heterocycles. The van der Waals surface area contributed by atoms with Crippen molar-refractivity contribution in [3.8, 4) is 11.6 Å². The van der Waals surface area contributed by atoms with Crippen LogP contribution in [0.3, 0.4) is 0 Å². The number of Topliss-reactive ketones (excluding diaryl/α,β-unsaturated/α-hetero) is 1. The minimum absolute atomic E-state index is 0.0288. The standard InChI is InChI=1S/C13H15N3O2S/c1-16-12(10-6-4-8-18-10)14-15-13(16)19-11-7-3-2-5-9(11)17/h4,6,8,11H,2-3,5,7H2,1H3/t11-/m0/s1. The molecule has 5 nitrogen and oxygen atoms in total. The highest BCUT2D eigenvalue weighted by molar-refractivity contribution is 8.00. The van der Waals surface area contributed by atoms with Gasteiger partial charge in [0.05, 0.1) is 11.5 Å². The molecule has 0 spiro atoms. The lowest BCUT2D eigenvalue weighted by atomic mass is 9.99. The van der Waals surface area contributed by atoms with E-state index in [0.717, 1.165) is 24.4 Å². The molecule has 1 atom stereocenters. The summed E-state index contributed by atoms with van der Waals surface area (Å²) in [7, 11) is 1.90. The number of carbonyl (C=O) groups excluding carboxylic acids is 1. The number of nitrogens with zero attached hydrogens (tertiary/aromatic N) is 3. The molecular weight excluding hydrogens is 262 g/mol. The summed E-state index contributed by atoms with van der Waals surface area (Å²) < 4.78 is 7.21. The van der Waals surface area contributed by atoms with E-state index in [0.29, 0.717) is 23.8 Å². The minimum Gasteiger partial charge on any atom is -0.461 e. The minimum atomic E-state index is 0.0288. The van der Waals surface area contributed by atoms with Crippen LogP contribution in [0, 0.1) is 0 Å². The molecule has 0 radical (unpaired) electrons. The number of ketones is 1. The van der Waals surface area contributed by atoms with Gasteiger partial charge in [0.2, 0.25) is 0 Å². The molecule has 100 valence electrons. The third-order valence-electron chi connectivity index (χ3n) is 3.32. The molecule has 3 rings (SSSR count). The molecule has 0 aliphatic heterocycles. The Labute approximate surface area is 115 Å². The number of hydrogen-bond acceptors (Lipinski definition) is 5. The predicted molar refractivity (Wildman–Crippen MR) is 71.8 cm³/mol. The molecule has 0 aromatic carbocycles. The van der Waals surface area contributed by atoms with Gasteiger partial charge in [-0.15, -0.1) is 10.2 Å². The largest absolute Gasteiger partial charge is 0.461 e. The second-order valence-electron chi connectivity index (χ2n) is 4.66. The molecular formula is C13H15N3O2S. The van der Waals surface area contributed by atoms with Crippen LogP contribution in [-0.2, 0) is 11.8 Å². The van der Waals surface area contributed by atoms with E-state index < -0.39 is 0 Å². The predicted octanol–water partition coefficient (Wildman–Crippen LogP) is 2.68. The van der Waals surface area contributed by atoms with Crippen LogP contribution in [0.15, 0.2) is 28.0 Å². The van der Waals surface area contributed by atoms with Crippen molar-refractivity contribution in [3.05, 3.63) is 18.4 Å².